The number of carbonyl (C=O) groups excluding carboxylic acids is 2. The molecule has 138 valence electrons. The van der Waals surface area contributed by atoms with E-state index in [0.717, 1.165) is 0 Å². The third kappa shape index (κ3) is 3.93. The van der Waals surface area contributed by atoms with Crippen molar-refractivity contribution in [1.82, 2.24) is 10.3 Å². The largest absolute Gasteiger partial charge is 0.448 e. The van der Waals surface area contributed by atoms with Gasteiger partial charge in [-0.3, -0.25) is 9.59 Å². The first kappa shape index (κ1) is 18.1. The monoisotopic (exact) mass is 378 g/mol. The van der Waals surface area contributed by atoms with Crippen molar-refractivity contribution in [2.75, 3.05) is 11.5 Å². The minimum atomic E-state index is -3.12. The lowest BCUT2D eigenvalue weighted by molar-refractivity contribution is -0.129. The number of pyridine rings is 1. The highest BCUT2D eigenvalue weighted by atomic mass is 32.2. The number of aromatic amines is 1. The van der Waals surface area contributed by atoms with Crippen molar-refractivity contribution in [3.8, 4) is 0 Å². The third-order valence-corrected chi connectivity index (χ3v) is 5.97. The number of hydrogen-bond acceptors (Lipinski definition) is 6. The lowest BCUT2D eigenvalue weighted by atomic mass is 10.1. The molecular formula is C17H18N2O6S. The summed E-state index contributed by atoms with van der Waals surface area (Å²) in [6.07, 6.45) is -0.784. The van der Waals surface area contributed by atoms with Crippen molar-refractivity contribution in [1.29, 1.82) is 0 Å². The molecule has 0 unspecified atom stereocenters. The zero-order valence-corrected chi connectivity index (χ0v) is 14.8. The molecule has 0 aliphatic carbocycles. The van der Waals surface area contributed by atoms with Crippen molar-refractivity contribution < 1.29 is 22.7 Å². The SMILES string of the molecule is C[C@@H](OC(=O)c1cc2ccccc2c(=O)[nH]1)C(=O)N[C@@H]1CCS(=O)(=O)C1. The first-order valence-electron chi connectivity index (χ1n) is 8.09. The summed E-state index contributed by atoms with van der Waals surface area (Å²) in [6, 6.07) is 7.78. The van der Waals surface area contributed by atoms with Crippen molar-refractivity contribution >= 4 is 32.5 Å². The second-order valence-electron chi connectivity index (χ2n) is 6.26. The fourth-order valence-electron chi connectivity index (χ4n) is 2.83. The van der Waals surface area contributed by atoms with Gasteiger partial charge in [0.25, 0.3) is 11.5 Å². The highest BCUT2D eigenvalue weighted by molar-refractivity contribution is 7.91. The Balaban J connectivity index is 1.67. The molecule has 1 aliphatic heterocycles. The van der Waals surface area contributed by atoms with E-state index in [0.29, 0.717) is 17.2 Å². The molecule has 3 rings (SSSR count). The van der Waals surface area contributed by atoms with Crippen LogP contribution in [0, 0.1) is 0 Å². The van der Waals surface area contributed by atoms with Crippen LogP contribution in [0.2, 0.25) is 0 Å². The molecule has 0 radical (unpaired) electrons. The Hall–Kier alpha value is -2.68. The molecule has 1 fully saturated rings. The molecular weight excluding hydrogens is 360 g/mol. The fraction of sp³-hybridized carbons (Fsp3) is 0.353. The number of benzene rings is 1. The van der Waals surface area contributed by atoms with Crippen LogP contribution in [-0.4, -0.2) is 48.9 Å². The zero-order valence-electron chi connectivity index (χ0n) is 14.0. The predicted octanol–water partition coefficient (Wildman–Crippen LogP) is 0.377. The highest BCUT2D eigenvalue weighted by Gasteiger charge is 2.30. The highest BCUT2D eigenvalue weighted by Crippen LogP contribution is 2.13. The van der Waals surface area contributed by atoms with Crippen LogP contribution >= 0.6 is 0 Å². The van der Waals surface area contributed by atoms with E-state index in [-0.39, 0.29) is 17.2 Å². The van der Waals surface area contributed by atoms with Crippen molar-refractivity contribution in [2.24, 2.45) is 0 Å². The van der Waals surface area contributed by atoms with E-state index in [1.165, 1.54) is 13.0 Å². The lowest BCUT2D eigenvalue weighted by Gasteiger charge is -2.16. The van der Waals surface area contributed by atoms with Crippen LogP contribution in [0.4, 0.5) is 0 Å². The van der Waals surface area contributed by atoms with Gasteiger partial charge in [0.2, 0.25) is 0 Å². The molecule has 0 saturated carbocycles. The average Bonchev–Trinajstić information content (AvgIpc) is 2.93. The van der Waals surface area contributed by atoms with E-state index in [4.69, 9.17) is 4.74 Å². The summed E-state index contributed by atoms with van der Waals surface area (Å²) < 4.78 is 27.9. The summed E-state index contributed by atoms with van der Waals surface area (Å²) in [5.41, 5.74) is -0.486. The number of hydrogen-bond donors (Lipinski definition) is 2. The smallest absolute Gasteiger partial charge is 0.355 e. The standard InChI is InChI=1S/C17H18N2O6S/c1-10(15(20)18-12-6-7-26(23,24)9-12)25-17(22)14-8-11-4-2-3-5-13(11)16(21)19-14/h2-5,8,10,12H,6-7,9H2,1H3,(H,18,20)(H,19,21)/t10-,12-/m1/s1. The number of aromatic nitrogens is 1. The quantitative estimate of drug-likeness (QED) is 0.742. The van der Waals surface area contributed by atoms with E-state index < -0.39 is 39.4 Å². The van der Waals surface area contributed by atoms with Gasteiger partial charge in [0.1, 0.15) is 5.69 Å². The number of amides is 1. The molecule has 2 aromatic rings. The van der Waals surface area contributed by atoms with Crippen LogP contribution in [0.1, 0.15) is 23.8 Å². The van der Waals surface area contributed by atoms with Crippen molar-refractivity contribution in [2.45, 2.75) is 25.5 Å². The number of ether oxygens (including phenoxy) is 1. The van der Waals surface area contributed by atoms with Gasteiger partial charge in [0, 0.05) is 11.4 Å². The predicted molar refractivity (Wildman–Crippen MR) is 94.6 cm³/mol. The average molecular weight is 378 g/mol. The van der Waals surface area contributed by atoms with Gasteiger partial charge in [-0.15, -0.1) is 0 Å². The van der Waals surface area contributed by atoms with Crippen LogP contribution in [0.5, 0.6) is 0 Å². The normalized spacial score (nSPS) is 19.8. The van der Waals surface area contributed by atoms with E-state index in [1.807, 2.05) is 0 Å². The summed E-state index contributed by atoms with van der Waals surface area (Å²) in [6.45, 7) is 1.38. The number of fused-ring (bicyclic) bond motifs is 1. The van der Waals surface area contributed by atoms with Crippen molar-refractivity contribution in [3.63, 3.8) is 0 Å². The number of H-pyrrole nitrogens is 1. The van der Waals surface area contributed by atoms with Gasteiger partial charge in [0.15, 0.2) is 15.9 Å². The molecule has 0 spiro atoms. The summed E-state index contributed by atoms with van der Waals surface area (Å²) in [4.78, 5) is 38.8. The molecule has 9 heteroatoms. The third-order valence-electron chi connectivity index (χ3n) is 4.21. The molecule has 1 aromatic heterocycles. The van der Waals surface area contributed by atoms with Crippen LogP contribution in [0.3, 0.4) is 0 Å². The second-order valence-corrected chi connectivity index (χ2v) is 8.48. The van der Waals surface area contributed by atoms with Crippen molar-refractivity contribution in [3.05, 3.63) is 46.4 Å². The number of carbonyl (C=O) groups is 2. The van der Waals surface area contributed by atoms with Crippen LogP contribution in [-0.2, 0) is 19.4 Å². The molecule has 2 atom stereocenters. The van der Waals surface area contributed by atoms with E-state index in [1.54, 1.807) is 24.3 Å². The number of nitrogens with one attached hydrogen (secondary N) is 2. The molecule has 1 saturated heterocycles. The minimum absolute atomic E-state index is 0.0322. The lowest BCUT2D eigenvalue weighted by Crippen LogP contribution is -2.42. The molecule has 1 aromatic carbocycles. The molecule has 26 heavy (non-hydrogen) atoms. The summed E-state index contributed by atoms with van der Waals surface area (Å²) in [7, 11) is -3.12. The van der Waals surface area contributed by atoms with E-state index in [2.05, 4.69) is 10.3 Å². The maximum atomic E-state index is 12.2. The number of rotatable bonds is 4. The fourth-order valence-corrected chi connectivity index (χ4v) is 4.50. The van der Waals surface area contributed by atoms with Gasteiger partial charge in [-0.2, -0.15) is 0 Å². The second kappa shape index (κ2) is 6.91. The molecule has 2 N–H and O–H groups in total. The van der Waals surface area contributed by atoms with E-state index in [9.17, 15) is 22.8 Å². The molecule has 0 bridgehead atoms. The summed E-state index contributed by atoms with van der Waals surface area (Å²) >= 11 is 0. The van der Waals surface area contributed by atoms with Gasteiger partial charge in [-0.1, -0.05) is 18.2 Å². The number of sulfone groups is 1. The Bertz CT molecular complexity index is 1030. The topological polar surface area (TPSA) is 122 Å². The van der Waals surface area contributed by atoms with Gasteiger partial charge < -0.3 is 15.0 Å². The Labute approximate surface area is 149 Å². The Morgan fingerprint density at radius 2 is 2.04 bits per heavy atom. The Morgan fingerprint density at radius 3 is 2.73 bits per heavy atom. The van der Waals surface area contributed by atoms with Gasteiger partial charge in [-0.25, -0.2) is 13.2 Å². The summed E-state index contributed by atoms with van der Waals surface area (Å²) in [5, 5.41) is 3.59. The molecule has 1 amide bonds. The molecule has 8 nitrogen and oxygen atoms in total. The minimum Gasteiger partial charge on any atom is -0.448 e. The van der Waals surface area contributed by atoms with Crippen LogP contribution in [0.25, 0.3) is 10.8 Å². The zero-order chi connectivity index (χ0) is 18.9. The first-order chi connectivity index (χ1) is 12.2. The van der Waals surface area contributed by atoms with Gasteiger partial charge in [-0.05, 0) is 30.9 Å². The van der Waals surface area contributed by atoms with Crippen LogP contribution < -0.4 is 10.9 Å². The van der Waals surface area contributed by atoms with Crippen LogP contribution in [0.15, 0.2) is 35.1 Å². The van der Waals surface area contributed by atoms with E-state index >= 15 is 0 Å². The first-order valence-corrected chi connectivity index (χ1v) is 9.91. The maximum absolute atomic E-state index is 12.2. The van der Waals surface area contributed by atoms with Gasteiger partial charge in [0.05, 0.1) is 11.5 Å². The Morgan fingerprint density at radius 1 is 1.31 bits per heavy atom. The number of esters is 1. The molecule has 2 heterocycles. The molecule has 1 aliphatic rings. The van der Waals surface area contributed by atoms with Gasteiger partial charge >= 0.3 is 5.97 Å². The maximum Gasteiger partial charge on any atom is 0.355 e. The summed E-state index contributed by atoms with van der Waals surface area (Å²) in [5.74, 6) is -1.50. The Kier molecular flexibility index (Phi) is 4.82.